The van der Waals surface area contributed by atoms with Gasteiger partial charge in [-0.1, -0.05) is 42.5 Å². The Bertz CT molecular complexity index is 753. The van der Waals surface area contributed by atoms with Gasteiger partial charge in [0.15, 0.2) is 0 Å². The molecule has 4 heteroatoms. The molecule has 0 fully saturated rings. The summed E-state index contributed by atoms with van der Waals surface area (Å²) < 4.78 is 0. The summed E-state index contributed by atoms with van der Waals surface area (Å²) in [5.74, 6) is 0. The molecule has 0 saturated carbocycles. The van der Waals surface area contributed by atoms with Crippen LogP contribution in [0.25, 0.3) is 21.7 Å². The first-order valence-electron chi connectivity index (χ1n) is 5.64. The highest BCUT2D eigenvalue weighted by atomic mass is 16.6. The first kappa shape index (κ1) is 10.7. The predicted octanol–water partition coefficient (Wildman–Crippen LogP) is 3.16. The summed E-state index contributed by atoms with van der Waals surface area (Å²) in [7, 11) is 0. The van der Waals surface area contributed by atoms with Gasteiger partial charge >= 0.3 is 0 Å². The Balaban J connectivity index is 2.42. The molecule has 0 radical (unpaired) electrons. The van der Waals surface area contributed by atoms with Gasteiger partial charge in [-0.25, -0.2) is 4.98 Å². The van der Waals surface area contributed by atoms with Crippen molar-refractivity contribution in [3.8, 4) is 0 Å². The number of nitro groups is 1. The van der Waals surface area contributed by atoms with Gasteiger partial charge in [0.2, 0.25) is 6.54 Å². The molecule has 3 aromatic rings. The zero-order chi connectivity index (χ0) is 12.5. The van der Waals surface area contributed by atoms with Crippen LogP contribution in [0.1, 0.15) is 5.69 Å². The van der Waals surface area contributed by atoms with E-state index in [0.717, 1.165) is 21.7 Å². The van der Waals surface area contributed by atoms with Crippen molar-refractivity contribution in [2.45, 2.75) is 6.54 Å². The van der Waals surface area contributed by atoms with Crippen LogP contribution in [0.3, 0.4) is 0 Å². The van der Waals surface area contributed by atoms with Crippen LogP contribution >= 0.6 is 0 Å². The lowest BCUT2D eigenvalue weighted by molar-refractivity contribution is -0.497. The van der Waals surface area contributed by atoms with E-state index in [1.165, 1.54) is 0 Å². The van der Waals surface area contributed by atoms with Crippen molar-refractivity contribution in [3.63, 3.8) is 0 Å². The summed E-state index contributed by atoms with van der Waals surface area (Å²) in [5.41, 5.74) is 1.32. The van der Waals surface area contributed by atoms with Crippen LogP contribution in [0.5, 0.6) is 0 Å². The van der Waals surface area contributed by atoms with E-state index >= 15 is 0 Å². The number of hydrogen-bond acceptors (Lipinski definition) is 3. The minimum atomic E-state index is -0.344. The maximum absolute atomic E-state index is 10.7. The van der Waals surface area contributed by atoms with Crippen LogP contribution in [0.2, 0.25) is 0 Å². The highest BCUT2D eigenvalue weighted by molar-refractivity contribution is 6.06. The Morgan fingerprint density at radius 3 is 2.28 bits per heavy atom. The van der Waals surface area contributed by atoms with Crippen LogP contribution in [0.15, 0.2) is 48.5 Å². The molecule has 0 saturated heterocycles. The van der Waals surface area contributed by atoms with Crippen molar-refractivity contribution < 1.29 is 4.92 Å². The topological polar surface area (TPSA) is 56.0 Å². The number of hydrogen-bond donors (Lipinski definition) is 0. The standard InChI is InChI=1S/C14H10N2O2/c17-16(18)9-14-12-7-2-1-5-10(12)11-6-3-4-8-13(11)15-14/h1-8H,9H2. The van der Waals surface area contributed by atoms with Crippen LogP contribution in [-0.2, 0) is 6.54 Å². The molecule has 2 aromatic carbocycles. The molecule has 1 heterocycles. The van der Waals surface area contributed by atoms with E-state index in [9.17, 15) is 10.1 Å². The van der Waals surface area contributed by atoms with E-state index in [-0.39, 0.29) is 11.5 Å². The SMILES string of the molecule is O=[N+]([O-])Cc1nc2ccccc2c2ccccc12. The molecule has 1 aromatic heterocycles. The number of fused-ring (bicyclic) bond motifs is 3. The largest absolute Gasteiger partial charge is 0.264 e. The van der Waals surface area contributed by atoms with E-state index < -0.39 is 0 Å². The minimum Gasteiger partial charge on any atom is -0.264 e. The van der Waals surface area contributed by atoms with E-state index in [2.05, 4.69) is 4.98 Å². The van der Waals surface area contributed by atoms with Crippen molar-refractivity contribution in [2.75, 3.05) is 0 Å². The van der Waals surface area contributed by atoms with E-state index in [1.54, 1.807) is 0 Å². The summed E-state index contributed by atoms with van der Waals surface area (Å²) >= 11 is 0. The van der Waals surface area contributed by atoms with Crippen molar-refractivity contribution >= 4 is 21.7 Å². The summed E-state index contributed by atoms with van der Waals surface area (Å²) in [6.45, 7) is -0.245. The van der Waals surface area contributed by atoms with Gasteiger partial charge in [-0.3, -0.25) is 10.1 Å². The normalized spacial score (nSPS) is 10.9. The number of pyridine rings is 1. The molecule has 0 aliphatic carbocycles. The number of aromatic nitrogens is 1. The lowest BCUT2D eigenvalue weighted by Crippen LogP contribution is -2.02. The molecule has 3 rings (SSSR count). The van der Waals surface area contributed by atoms with Gasteiger partial charge in [-0.05, 0) is 11.5 Å². The fourth-order valence-electron chi connectivity index (χ4n) is 2.22. The molecule has 0 spiro atoms. The van der Waals surface area contributed by atoms with Crippen LogP contribution in [0, 0.1) is 10.1 Å². The number of nitrogens with zero attached hydrogens (tertiary/aromatic N) is 2. The zero-order valence-corrected chi connectivity index (χ0v) is 9.54. The Kier molecular flexibility index (Phi) is 2.41. The van der Waals surface area contributed by atoms with Crippen molar-refractivity contribution in [1.29, 1.82) is 0 Å². The van der Waals surface area contributed by atoms with Gasteiger partial charge < -0.3 is 0 Å². The van der Waals surface area contributed by atoms with Gasteiger partial charge in [0.05, 0.1) is 5.52 Å². The molecule has 0 amide bonds. The first-order valence-corrected chi connectivity index (χ1v) is 5.64. The van der Waals surface area contributed by atoms with E-state index in [0.29, 0.717) is 5.69 Å². The minimum absolute atomic E-state index is 0.245. The lowest BCUT2D eigenvalue weighted by Gasteiger charge is -2.06. The van der Waals surface area contributed by atoms with Crippen LogP contribution < -0.4 is 0 Å². The van der Waals surface area contributed by atoms with Gasteiger partial charge in [0, 0.05) is 15.7 Å². The molecule has 4 nitrogen and oxygen atoms in total. The van der Waals surface area contributed by atoms with Crippen molar-refractivity contribution in [1.82, 2.24) is 4.98 Å². The Hall–Kier alpha value is -2.49. The molecule has 0 aliphatic rings. The van der Waals surface area contributed by atoms with Crippen LogP contribution in [-0.4, -0.2) is 9.91 Å². The quantitative estimate of drug-likeness (QED) is 0.391. The van der Waals surface area contributed by atoms with Gasteiger partial charge in [-0.2, -0.15) is 0 Å². The summed E-state index contributed by atoms with van der Waals surface area (Å²) in [4.78, 5) is 14.8. The lowest BCUT2D eigenvalue weighted by atomic mass is 10.0. The molecule has 0 atom stereocenters. The molecule has 88 valence electrons. The molecule has 0 aliphatic heterocycles. The second kappa shape index (κ2) is 4.07. The molecule has 0 bridgehead atoms. The average Bonchev–Trinajstić information content (AvgIpc) is 2.38. The zero-order valence-electron chi connectivity index (χ0n) is 9.54. The maximum atomic E-state index is 10.7. The third kappa shape index (κ3) is 1.68. The second-order valence-corrected chi connectivity index (χ2v) is 4.11. The maximum Gasteiger partial charge on any atom is 0.246 e. The predicted molar refractivity (Wildman–Crippen MR) is 69.9 cm³/mol. The first-order chi connectivity index (χ1) is 8.75. The number of benzene rings is 2. The molecule has 0 unspecified atom stereocenters. The van der Waals surface area contributed by atoms with Gasteiger partial charge in [0.25, 0.3) is 0 Å². The summed E-state index contributed by atoms with van der Waals surface area (Å²) in [6.07, 6.45) is 0. The van der Waals surface area contributed by atoms with Crippen LogP contribution in [0.4, 0.5) is 0 Å². The summed E-state index contributed by atoms with van der Waals surface area (Å²) in [5, 5.41) is 13.6. The second-order valence-electron chi connectivity index (χ2n) is 4.11. The number of para-hydroxylation sites is 1. The van der Waals surface area contributed by atoms with E-state index in [4.69, 9.17) is 0 Å². The average molecular weight is 238 g/mol. The third-order valence-electron chi connectivity index (χ3n) is 2.97. The molecule has 18 heavy (non-hydrogen) atoms. The molecule has 0 N–H and O–H groups in total. The van der Waals surface area contributed by atoms with E-state index in [1.807, 2.05) is 48.5 Å². The molecular formula is C14H10N2O2. The number of rotatable bonds is 2. The van der Waals surface area contributed by atoms with Gasteiger partial charge in [0.1, 0.15) is 5.69 Å². The highest BCUT2D eigenvalue weighted by Crippen LogP contribution is 2.26. The fourth-order valence-corrected chi connectivity index (χ4v) is 2.22. The Morgan fingerprint density at radius 2 is 1.56 bits per heavy atom. The van der Waals surface area contributed by atoms with Gasteiger partial charge in [-0.15, -0.1) is 0 Å². The fraction of sp³-hybridized carbons (Fsp3) is 0.0714. The Morgan fingerprint density at radius 1 is 0.944 bits per heavy atom. The molecular weight excluding hydrogens is 228 g/mol. The summed E-state index contributed by atoms with van der Waals surface area (Å²) in [6, 6.07) is 15.4. The highest BCUT2D eigenvalue weighted by Gasteiger charge is 2.11. The Labute approximate surface area is 103 Å². The monoisotopic (exact) mass is 238 g/mol. The van der Waals surface area contributed by atoms with Crippen molar-refractivity contribution in [3.05, 3.63) is 64.3 Å². The third-order valence-corrected chi connectivity index (χ3v) is 2.97. The van der Waals surface area contributed by atoms with Crippen molar-refractivity contribution in [2.24, 2.45) is 0 Å². The smallest absolute Gasteiger partial charge is 0.246 e.